The Bertz CT molecular complexity index is 442. The van der Waals surface area contributed by atoms with Crippen molar-refractivity contribution in [3.05, 3.63) is 24.4 Å². The smallest absolute Gasteiger partial charge is 0.0638 e. The van der Waals surface area contributed by atoms with E-state index in [4.69, 9.17) is 4.98 Å². The van der Waals surface area contributed by atoms with Crippen LogP contribution in [0.1, 0.15) is 65.7 Å². The van der Waals surface area contributed by atoms with Gasteiger partial charge in [0.1, 0.15) is 0 Å². The lowest BCUT2D eigenvalue weighted by Crippen LogP contribution is -2.28. The Morgan fingerprint density at radius 2 is 1.90 bits per heavy atom. The summed E-state index contributed by atoms with van der Waals surface area (Å²) in [5, 5.41) is 0.373. The summed E-state index contributed by atoms with van der Waals surface area (Å²) >= 11 is 0. The summed E-state index contributed by atoms with van der Waals surface area (Å²) in [6.45, 7) is 7.27. The second-order valence-corrected chi connectivity index (χ2v) is 11.1. The zero-order valence-corrected chi connectivity index (χ0v) is 14.1. The second kappa shape index (κ2) is 5.41. The van der Waals surface area contributed by atoms with Gasteiger partial charge in [-0.05, 0) is 68.4 Å². The molecule has 0 aromatic carbocycles. The molecule has 1 heterocycles. The maximum atomic E-state index is 4.73. The SMILES string of the molecule is CC(C)(C)P(c1ccccn1)C1CCC2(CCCC2)C1. The van der Waals surface area contributed by atoms with Crippen LogP contribution < -0.4 is 5.44 Å². The molecule has 1 aromatic heterocycles. The van der Waals surface area contributed by atoms with Crippen LogP contribution in [0.25, 0.3) is 0 Å². The normalized spacial score (nSPS) is 27.1. The van der Waals surface area contributed by atoms with Gasteiger partial charge in [0.15, 0.2) is 0 Å². The quantitative estimate of drug-likeness (QED) is 0.690. The van der Waals surface area contributed by atoms with Crippen LogP contribution in [-0.4, -0.2) is 15.8 Å². The Hall–Kier alpha value is -0.420. The molecule has 1 nitrogen and oxygen atoms in total. The molecule has 2 aliphatic rings. The lowest BCUT2D eigenvalue weighted by molar-refractivity contribution is 0.310. The Kier molecular flexibility index (Phi) is 3.93. The van der Waals surface area contributed by atoms with Crippen molar-refractivity contribution in [3.63, 3.8) is 0 Å². The van der Waals surface area contributed by atoms with Gasteiger partial charge in [0, 0.05) is 6.20 Å². The Morgan fingerprint density at radius 3 is 2.50 bits per heavy atom. The topological polar surface area (TPSA) is 12.9 Å². The minimum absolute atomic E-state index is 0.151. The predicted octanol–water partition coefficient (Wildman–Crippen LogP) is 5.10. The molecule has 2 atom stereocenters. The van der Waals surface area contributed by atoms with Crippen molar-refractivity contribution in [2.75, 3.05) is 0 Å². The van der Waals surface area contributed by atoms with Gasteiger partial charge < -0.3 is 0 Å². The van der Waals surface area contributed by atoms with Crippen LogP contribution in [0.2, 0.25) is 0 Å². The van der Waals surface area contributed by atoms with Gasteiger partial charge in [-0.3, -0.25) is 4.98 Å². The number of hydrogen-bond acceptors (Lipinski definition) is 1. The standard InChI is InChI=1S/C18H28NP/c1-17(2,3)20(16-8-4-7-13-19-16)15-9-12-18(14-15)10-5-6-11-18/h4,7-8,13,15H,5-6,9-12,14H2,1-3H3. The van der Waals surface area contributed by atoms with E-state index in [9.17, 15) is 0 Å². The van der Waals surface area contributed by atoms with Crippen LogP contribution in [0.15, 0.2) is 24.4 Å². The number of pyridine rings is 1. The highest BCUT2D eigenvalue weighted by atomic mass is 31.1. The van der Waals surface area contributed by atoms with E-state index in [2.05, 4.69) is 32.9 Å². The van der Waals surface area contributed by atoms with Crippen molar-refractivity contribution in [3.8, 4) is 0 Å². The molecule has 110 valence electrons. The summed E-state index contributed by atoms with van der Waals surface area (Å²) < 4.78 is 0. The number of aromatic nitrogens is 1. The fourth-order valence-corrected chi connectivity index (χ4v) is 8.10. The average molecular weight is 289 g/mol. The van der Waals surface area contributed by atoms with Gasteiger partial charge in [0.2, 0.25) is 0 Å². The average Bonchev–Trinajstić information content (AvgIpc) is 3.01. The minimum Gasteiger partial charge on any atom is -0.257 e. The van der Waals surface area contributed by atoms with E-state index < -0.39 is 0 Å². The second-order valence-electron chi connectivity index (χ2n) is 7.83. The van der Waals surface area contributed by atoms with Gasteiger partial charge in [-0.25, -0.2) is 0 Å². The first-order chi connectivity index (χ1) is 9.50. The number of nitrogens with zero attached hydrogens (tertiary/aromatic N) is 1. The fourth-order valence-electron chi connectivity index (χ4n) is 4.55. The molecule has 1 aromatic rings. The summed E-state index contributed by atoms with van der Waals surface area (Å²) in [5.41, 5.74) is 3.01. The lowest BCUT2D eigenvalue weighted by atomic mass is 9.85. The van der Waals surface area contributed by atoms with E-state index in [1.807, 2.05) is 12.3 Å². The van der Waals surface area contributed by atoms with Gasteiger partial charge in [-0.1, -0.05) is 39.7 Å². The van der Waals surface area contributed by atoms with Crippen LogP contribution in [0, 0.1) is 5.41 Å². The van der Waals surface area contributed by atoms with Crippen molar-refractivity contribution in [1.29, 1.82) is 0 Å². The Balaban J connectivity index is 1.84. The van der Waals surface area contributed by atoms with E-state index in [0.29, 0.717) is 5.16 Å². The largest absolute Gasteiger partial charge is 0.257 e. The molecule has 0 N–H and O–H groups in total. The molecule has 1 spiro atoms. The first-order valence-corrected chi connectivity index (χ1v) is 9.62. The van der Waals surface area contributed by atoms with E-state index >= 15 is 0 Å². The summed E-state index contributed by atoms with van der Waals surface area (Å²) in [5.74, 6) is 0. The third kappa shape index (κ3) is 2.80. The molecule has 3 rings (SSSR count). The third-order valence-corrected chi connectivity index (χ3v) is 8.70. The van der Waals surface area contributed by atoms with Gasteiger partial charge in [-0.15, -0.1) is 0 Å². The van der Waals surface area contributed by atoms with Crippen molar-refractivity contribution >= 4 is 13.4 Å². The Labute approximate surface area is 125 Å². The molecule has 2 fully saturated rings. The number of rotatable bonds is 2. The van der Waals surface area contributed by atoms with Gasteiger partial charge in [0.25, 0.3) is 0 Å². The van der Waals surface area contributed by atoms with Crippen LogP contribution in [0.5, 0.6) is 0 Å². The molecule has 2 aliphatic carbocycles. The van der Waals surface area contributed by atoms with Crippen LogP contribution >= 0.6 is 7.92 Å². The molecular formula is C18H28NP. The van der Waals surface area contributed by atoms with Crippen molar-refractivity contribution in [2.24, 2.45) is 5.41 Å². The Morgan fingerprint density at radius 1 is 1.15 bits per heavy atom. The summed E-state index contributed by atoms with van der Waals surface area (Å²) in [6.07, 6.45) is 12.3. The lowest BCUT2D eigenvalue weighted by Gasteiger charge is -2.36. The highest BCUT2D eigenvalue weighted by Gasteiger charge is 2.46. The summed E-state index contributed by atoms with van der Waals surface area (Å²) in [6, 6.07) is 6.49. The maximum Gasteiger partial charge on any atom is 0.0638 e. The molecule has 2 saturated carbocycles. The van der Waals surface area contributed by atoms with E-state index in [1.54, 1.807) is 0 Å². The monoisotopic (exact) mass is 289 g/mol. The molecule has 20 heavy (non-hydrogen) atoms. The first kappa shape index (κ1) is 14.5. The molecule has 0 saturated heterocycles. The van der Waals surface area contributed by atoms with Gasteiger partial charge in [-0.2, -0.15) is 0 Å². The minimum atomic E-state index is -0.151. The predicted molar refractivity (Wildman–Crippen MR) is 89.1 cm³/mol. The van der Waals surface area contributed by atoms with E-state index in [-0.39, 0.29) is 7.92 Å². The molecule has 2 unspecified atom stereocenters. The number of hydrogen-bond donors (Lipinski definition) is 0. The van der Waals surface area contributed by atoms with Crippen molar-refractivity contribution in [1.82, 2.24) is 4.98 Å². The fraction of sp³-hybridized carbons (Fsp3) is 0.722. The van der Waals surface area contributed by atoms with Crippen molar-refractivity contribution < 1.29 is 0 Å². The van der Waals surface area contributed by atoms with Gasteiger partial charge in [0.05, 0.1) is 5.44 Å². The summed E-state index contributed by atoms with van der Waals surface area (Å²) in [4.78, 5) is 4.73. The van der Waals surface area contributed by atoms with E-state index in [1.165, 1.54) is 50.4 Å². The maximum absolute atomic E-state index is 4.73. The van der Waals surface area contributed by atoms with Crippen LogP contribution in [0.4, 0.5) is 0 Å². The molecule has 0 aliphatic heterocycles. The van der Waals surface area contributed by atoms with Gasteiger partial charge >= 0.3 is 0 Å². The zero-order chi connectivity index (χ0) is 14.2. The van der Waals surface area contributed by atoms with Crippen molar-refractivity contribution in [2.45, 2.75) is 76.5 Å². The highest BCUT2D eigenvalue weighted by molar-refractivity contribution is 7.67. The molecular weight excluding hydrogens is 261 g/mol. The van der Waals surface area contributed by atoms with Crippen LogP contribution in [0.3, 0.4) is 0 Å². The molecule has 0 amide bonds. The van der Waals surface area contributed by atoms with Crippen LogP contribution in [-0.2, 0) is 0 Å². The molecule has 2 heteroatoms. The van der Waals surface area contributed by atoms with E-state index in [0.717, 1.165) is 11.1 Å². The molecule has 0 bridgehead atoms. The third-order valence-electron chi connectivity index (χ3n) is 5.32. The molecule has 0 radical (unpaired) electrons. The first-order valence-electron chi connectivity index (χ1n) is 8.21. The highest BCUT2D eigenvalue weighted by Crippen LogP contribution is 2.63. The summed E-state index contributed by atoms with van der Waals surface area (Å²) in [7, 11) is -0.151. The zero-order valence-electron chi connectivity index (χ0n) is 13.2.